The lowest BCUT2D eigenvalue weighted by atomic mass is 10.1. The summed E-state index contributed by atoms with van der Waals surface area (Å²) in [5.41, 5.74) is 0.707. The molecule has 0 fully saturated rings. The molecule has 1 aromatic carbocycles. The molecule has 0 saturated heterocycles. The van der Waals surface area contributed by atoms with Gasteiger partial charge in [0.15, 0.2) is 0 Å². The van der Waals surface area contributed by atoms with E-state index in [0.29, 0.717) is 16.3 Å². The molecule has 1 unspecified atom stereocenters. The molecule has 20 heavy (non-hydrogen) atoms. The predicted molar refractivity (Wildman–Crippen MR) is 74.6 cm³/mol. The number of amides is 2. The van der Waals surface area contributed by atoms with Crippen LogP contribution in [-0.2, 0) is 4.79 Å². The number of anilines is 1. The molecule has 0 saturated carbocycles. The maximum atomic E-state index is 11.6. The van der Waals surface area contributed by atoms with Crippen LogP contribution in [0.4, 0.5) is 10.5 Å². The molecule has 2 amide bonds. The summed E-state index contributed by atoms with van der Waals surface area (Å²) in [5, 5.41) is 22.7. The lowest BCUT2D eigenvalue weighted by Crippen LogP contribution is -2.33. The van der Waals surface area contributed by atoms with Gasteiger partial charge in [-0.2, -0.15) is 5.26 Å². The number of carbonyl (C=O) groups is 2. The first kappa shape index (κ1) is 15.8. The number of hydrogen-bond donors (Lipinski definition) is 3. The van der Waals surface area contributed by atoms with E-state index in [2.05, 4.69) is 10.6 Å². The van der Waals surface area contributed by atoms with Crippen LogP contribution in [0.1, 0.15) is 18.9 Å². The third-order valence-electron chi connectivity index (χ3n) is 2.48. The highest BCUT2D eigenvalue weighted by Gasteiger charge is 2.10. The van der Waals surface area contributed by atoms with E-state index >= 15 is 0 Å². The van der Waals surface area contributed by atoms with Crippen LogP contribution in [0.5, 0.6) is 0 Å². The van der Waals surface area contributed by atoms with Gasteiger partial charge in [-0.15, -0.1) is 0 Å². The van der Waals surface area contributed by atoms with E-state index in [-0.39, 0.29) is 18.9 Å². The van der Waals surface area contributed by atoms with Crippen LogP contribution < -0.4 is 10.6 Å². The molecule has 0 aliphatic heterocycles. The Hall–Kier alpha value is -2.26. The Labute approximate surface area is 121 Å². The van der Waals surface area contributed by atoms with Gasteiger partial charge in [-0.1, -0.05) is 18.5 Å². The molecule has 3 N–H and O–H groups in total. The molecular formula is C13H14ClN3O3. The van der Waals surface area contributed by atoms with Gasteiger partial charge in [0.25, 0.3) is 0 Å². The molecule has 0 spiro atoms. The summed E-state index contributed by atoms with van der Waals surface area (Å²) in [5.74, 6) is -1.09. The van der Waals surface area contributed by atoms with Gasteiger partial charge < -0.3 is 15.7 Å². The second-order valence-electron chi connectivity index (χ2n) is 4.34. The highest BCUT2D eigenvalue weighted by Crippen LogP contribution is 2.22. The van der Waals surface area contributed by atoms with Crippen molar-refractivity contribution in [2.24, 2.45) is 5.92 Å². The molecule has 6 nitrogen and oxygen atoms in total. The van der Waals surface area contributed by atoms with Crippen molar-refractivity contribution in [3.05, 3.63) is 28.8 Å². The average molecular weight is 296 g/mol. The fourth-order valence-electron chi connectivity index (χ4n) is 1.49. The van der Waals surface area contributed by atoms with Crippen molar-refractivity contribution >= 4 is 29.3 Å². The van der Waals surface area contributed by atoms with E-state index < -0.39 is 12.0 Å². The van der Waals surface area contributed by atoms with Crippen LogP contribution in [0.25, 0.3) is 0 Å². The summed E-state index contributed by atoms with van der Waals surface area (Å²) < 4.78 is 0. The number of nitrogens with zero attached hydrogens (tertiary/aromatic N) is 1. The van der Waals surface area contributed by atoms with Gasteiger partial charge in [0.2, 0.25) is 0 Å². The van der Waals surface area contributed by atoms with Crippen molar-refractivity contribution in [2.45, 2.75) is 13.3 Å². The normalized spacial score (nSPS) is 11.2. The van der Waals surface area contributed by atoms with E-state index in [0.717, 1.165) is 0 Å². The van der Waals surface area contributed by atoms with Crippen LogP contribution in [0.2, 0.25) is 5.02 Å². The minimum atomic E-state index is -0.913. The van der Waals surface area contributed by atoms with Crippen LogP contribution in [-0.4, -0.2) is 23.7 Å². The quantitative estimate of drug-likeness (QED) is 0.776. The van der Waals surface area contributed by atoms with Gasteiger partial charge in [0.05, 0.1) is 22.3 Å². The van der Waals surface area contributed by atoms with Crippen molar-refractivity contribution in [3.8, 4) is 6.07 Å². The van der Waals surface area contributed by atoms with E-state index in [1.807, 2.05) is 6.07 Å². The lowest BCUT2D eigenvalue weighted by molar-refractivity contribution is -0.137. The number of halogens is 1. The zero-order valence-electron chi connectivity index (χ0n) is 10.8. The number of carboxylic acid groups (broad SMARTS) is 1. The van der Waals surface area contributed by atoms with E-state index in [1.54, 1.807) is 13.0 Å². The summed E-state index contributed by atoms with van der Waals surface area (Å²) in [6.07, 6.45) is -0.0229. The van der Waals surface area contributed by atoms with Crippen LogP contribution in [0.3, 0.4) is 0 Å². The first-order chi connectivity index (χ1) is 9.42. The van der Waals surface area contributed by atoms with E-state index in [1.165, 1.54) is 12.1 Å². The highest BCUT2D eigenvalue weighted by atomic mass is 35.5. The van der Waals surface area contributed by atoms with Gasteiger partial charge in [0, 0.05) is 13.0 Å². The summed E-state index contributed by atoms with van der Waals surface area (Å²) in [4.78, 5) is 22.1. The third kappa shape index (κ3) is 5.16. The lowest BCUT2D eigenvalue weighted by Gasteiger charge is -2.12. The Morgan fingerprint density at radius 1 is 1.50 bits per heavy atom. The molecule has 1 rings (SSSR count). The Bertz CT molecular complexity index is 554. The molecular weight excluding hydrogens is 282 g/mol. The molecule has 0 aromatic heterocycles. The molecule has 1 aromatic rings. The van der Waals surface area contributed by atoms with Crippen molar-refractivity contribution in [1.29, 1.82) is 5.26 Å². The number of carboxylic acids is 1. The van der Waals surface area contributed by atoms with Crippen molar-refractivity contribution in [2.75, 3.05) is 11.9 Å². The first-order valence-corrected chi connectivity index (χ1v) is 6.26. The number of hydrogen-bond acceptors (Lipinski definition) is 3. The molecule has 0 radical (unpaired) electrons. The Morgan fingerprint density at radius 3 is 2.80 bits per heavy atom. The Balaban J connectivity index is 2.55. The SMILES string of the molecule is CC(CNC(=O)Nc1cc(C#N)ccc1Cl)CC(=O)O. The molecule has 0 bridgehead atoms. The minimum absolute atomic E-state index is 0.0229. The Kier molecular flexibility index (Phi) is 5.81. The average Bonchev–Trinajstić information content (AvgIpc) is 2.38. The summed E-state index contributed by atoms with van der Waals surface area (Å²) in [7, 11) is 0. The van der Waals surface area contributed by atoms with Gasteiger partial charge in [-0.05, 0) is 24.1 Å². The summed E-state index contributed by atoms with van der Waals surface area (Å²) >= 11 is 5.90. The van der Waals surface area contributed by atoms with Gasteiger partial charge in [-0.25, -0.2) is 4.79 Å². The van der Waals surface area contributed by atoms with E-state index in [9.17, 15) is 9.59 Å². The maximum absolute atomic E-state index is 11.6. The minimum Gasteiger partial charge on any atom is -0.481 e. The molecule has 0 aliphatic carbocycles. The fourth-order valence-corrected chi connectivity index (χ4v) is 1.66. The van der Waals surface area contributed by atoms with Gasteiger partial charge in [0.1, 0.15) is 0 Å². The predicted octanol–water partition coefficient (Wildman–Crippen LogP) is 2.44. The smallest absolute Gasteiger partial charge is 0.319 e. The molecule has 0 aliphatic rings. The number of carbonyl (C=O) groups excluding carboxylic acids is 1. The standard InChI is InChI=1S/C13H14ClN3O3/c1-8(4-12(18)19)7-16-13(20)17-11-5-9(6-15)2-3-10(11)14/h2-3,5,8H,4,7H2,1H3,(H,18,19)(H2,16,17,20). The van der Waals surface area contributed by atoms with Crippen LogP contribution in [0.15, 0.2) is 18.2 Å². The van der Waals surface area contributed by atoms with Gasteiger partial charge >= 0.3 is 12.0 Å². The second-order valence-corrected chi connectivity index (χ2v) is 4.75. The first-order valence-electron chi connectivity index (χ1n) is 5.88. The number of urea groups is 1. The largest absolute Gasteiger partial charge is 0.481 e. The summed E-state index contributed by atoms with van der Waals surface area (Å²) in [6, 6.07) is 5.96. The van der Waals surface area contributed by atoms with Crippen molar-refractivity contribution in [1.82, 2.24) is 5.32 Å². The number of nitriles is 1. The van der Waals surface area contributed by atoms with Gasteiger partial charge in [-0.3, -0.25) is 4.79 Å². The highest BCUT2D eigenvalue weighted by molar-refractivity contribution is 6.33. The second kappa shape index (κ2) is 7.36. The fraction of sp³-hybridized carbons (Fsp3) is 0.308. The van der Waals surface area contributed by atoms with Crippen molar-refractivity contribution in [3.63, 3.8) is 0 Å². The third-order valence-corrected chi connectivity index (χ3v) is 2.81. The van der Waals surface area contributed by atoms with E-state index in [4.69, 9.17) is 22.0 Å². The number of rotatable bonds is 5. The Morgan fingerprint density at radius 2 is 2.20 bits per heavy atom. The number of nitrogens with one attached hydrogen (secondary N) is 2. The molecule has 7 heteroatoms. The molecule has 106 valence electrons. The van der Waals surface area contributed by atoms with Crippen LogP contribution >= 0.6 is 11.6 Å². The maximum Gasteiger partial charge on any atom is 0.319 e. The topological polar surface area (TPSA) is 102 Å². The number of benzene rings is 1. The summed E-state index contributed by atoms with van der Waals surface area (Å²) in [6.45, 7) is 1.95. The molecule has 0 heterocycles. The zero-order valence-corrected chi connectivity index (χ0v) is 11.6. The molecule has 1 atom stereocenters. The zero-order chi connectivity index (χ0) is 15.1. The van der Waals surface area contributed by atoms with Crippen molar-refractivity contribution < 1.29 is 14.7 Å². The van der Waals surface area contributed by atoms with Crippen LogP contribution in [0, 0.1) is 17.2 Å². The monoisotopic (exact) mass is 295 g/mol. The number of aliphatic carboxylic acids is 1.